The molecule has 0 radical (unpaired) electrons. The second-order valence-corrected chi connectivity index (χ2v) is 4.82. The minimum Gasteiger partial charge on any atom is -0.353 e. The minimum absolute atomic E-state index is 0.0312. The van der Waals surface area contributed by atoms with Crippen molar-refractivity contribution < 1.29 is 4.79 Å². The summed E-state index contributed by atoms with van der Waals surface area (Å²) in [6.45, 7) is 0. The summed E-state index contributed by atoms with van der Waals surface area (Å²) in [6, 6.07) is 17.8. The zero-order chi connectivity index (χ0) is 13.5. The number of benzene rings is 2. The van der Waals surface area contributed by atoms with Gasteiger partial charge in [0.2, 0.25) is 0 Å². The van der Waals surface area contributed by atoms with Gasteiger partial charge in [-0.1, -0.05) is 42.5 Å². The van der Waals surface area contributed by atoms with Gasteiger partial charge >= 0.3 is 0 Å². The maximum Gasteiger partial charge on any atom is 0.257 e. The number of para-hydroxylation sites is 1. The van der Waals surface area contributed by atoms with Gasteiger partial charge in [-0.05, 0) is 17.7 Å². The second-order valence-electron chi connectivity index (χ2n) is 4.82. The molecule has 96 valence electrons. The Kier molecular flexibility index (Phi) is 2.27. The van der Waals surface area contributed by atoms with Crippen molar-refractivity contribution in [2.45, 2.75) is 0 Å². The standard InChI is InChI=1S/C17H12N2O/c20-16-11-15(12-5-2-1-3-6-12)18-14-8-4-7-13-9-10-19(16)17(13)14/h1-11,18H. The molecule has 3 aromatic rings. The Morgan fingerprint density at radius 3 is 2.60 bits per heavy atom. The molecule has 0 fully saturated rings. The summed E-state index contributed by atoms with van der Waals surface area (Å²) in [4.78, 5) is 12.4. The molecular weight excluding hydrogens is 248 g/mol. The minimum atomic E-state index is -0.0312. The van der Waals surface area contributed by atoms with Crippen molar-refractivity contribution in [3.05, 3.63) is 72.4 Å². The topological polar surface area (TPSA) is 34.0 Å². The van der Waals surface area contributed by atoms with Crippen LogP contribution in [-0.4, -0.2) is 10.5 Å². The zero-order valence-corrected chi connectivity index (χ0v) is 10.7. The van der Waals surface area contributed by atoms with Crippen LogP contribution in [0.15, 0.2) is 66.9 Å². The van der Waals surface area contributed by atoms with Gasteiger partial charge in [-0.25, -0.2) is 0 Å². The van der Waals surface area contributed by atoms with Crippen molar-refractivity contribution in [1.29, 1.82) is 0 Å². The molecule has 2 aromatic carbocycles. The Morgan fingerprint density at radius 2 is 1.75 bits per heavy atom. The fourth-order valence-corrected chi connectivity index (χ4v) is 2.63. The van der Waals surface area contributed by atoms with Crippen molar-refractivity contribution in [2.24, 2.45) is 0 Å². The van der Waals surface area contributed by atoms with E-state index >= 15 is 0 Å². The first-order valence-corrected chi connectivity index (χ1v) is 6.51. The molecular formula is C17H12N2O. The molecule has 0 spiro atoms. The SMILES string of the molecule is O=C1C=C(c2ccccc2)Nc2cccc3ccn1c23. The maximum atomic E-state index is 12.4. The Balaban J connectivity index is 1.94. The van der Waals surface area contributed by atoms with Gasteiger partial charge in [0.25, 0.3) is 5.91 Å². The summed E-state index contributed by atoms with van der Waals surface area (Å²) in [6.07, 6.45) is 3.47. The van der Waals surface area contributed by atoms with E-state index in [2.05, 4.69) is 5.32 Å². The number of hydrogen-bond acceptors (Lipinski definition) is 2. The van der Waals surface area contributed by atoms with E-state index in [0.717, 1.165) is 27.9 Å². The molecule has 0 saturated carbocycles. The Bertz CT molecular complexity index is 844. The maximum absolute atomic E-state index is 12.4. The van der Waals surface area contributed by atoms with Gasteiger partial charge in [-0.2, -0.15) is 0 Å². The molecule has 1 aromatic heterocycles. The Hall–Kier alpha value is -2.81. The molecule has 1 aliphatic heterocycles. The summed E-state index contributed by atoms with van der Waals surface area (Å²) in [5.41, 5.74) is 3.71. The Morgan fingerprint density at radius 1 is 0.900 bits per heavy atom. The van der Waals surface area contributed by atoms with E-state index in [9.17, 15) is 4.79 Å². The molecule has 2 heterocycles. The van der Waals surface area contributed by atoms with Crippen molar-refractivity contribution in [2.75, 3.05) is 5.32 Å². The molecule has 0 bridgehead atoms. The summed E-state index contributed by atoms with van der Waals surface area (Å²) < 4.78 is 1.69. The predicted octanol–water partition coefficient (Wildman–Crippen LogP) is 3.75. The first-order valence-electron chi connectivity index (χ1n) is 6.51. The lowest BCUT2D eigenvalue weighted by atomic mass is 10.1. The highest BCUT2D eigenvalue weighted by Crippen LogP contribution is 2.30. The number of carbonyl (C=O) groups is 1. The first kappa shape index (κ1) is 11.1. The molecule has 3 heteroatoms. The molecule has 0 unspecified atom stereocenters. The number of aromatic nitrogens is 1. The fraction of sp³-hybridized carbons (Fsp3) is 0. The third-order valence-corrected chi connectivity index (χ3v) is 3.57. The third kappa shape index (κ3) is 1.57. The summed E-state index contributed by atoms with van der Waals surface area (Å²) in [7, 11) is 0. The van der Waals surface area contributed by atoms with Crippen LogP contribution in [0.2, 0.25) is 0 Å². The van der Waals surface area contributed by atoms with Crippen LogP contribution in [0.1, 0.15) is 10.4 Å². The largest absolute Gasteiger partial charge is 0.353 e. The van der Waals surface area contributed by atoms with E-state index in [-0.39, 0.29) is 5.91 Å². The van der Waals surface area contributed by atoms with E-state index in [1.807, 2.05) is 60.8 Å². The molecule has 20 heavy (non-hydrogen) atoms. The second kappa shape index (κ2) is 4.10. The Labute approximate surface area is 116 Å². The van der Waals surface area contributed by atoms with Gasteiger partial charge in [0, 0.05) is 17.7 Å². The van der Waals surface area contributed by atoms with Gasteiger partial charge in [0.1, 0.15) is 0 Å². The number of rotatable bonds is 1. The number of allylic oxidation sites excluding steroid dienone is 1. The van der Waals surface area contributed by atoms with E-state index < -0.39 is 0 Å². The zero-order valence-electron chi connectivity index (χ0n) is 10.7. The van der Waals surface area contributed by atoms with Crippen LogP contribution in [0.25, 0.3) is 16.6 Å². The van der Waals surface area contributed by atoms with Gasteiger partial charge in [-0.15, -0.1) is 0 Å². The summed E-state index contributed by atoms with van der Waals surface area (Å²) >= 11 is 0. The van der Waals surface area contributed by atoms with E-state index in [4.69, 9.17) is 0 Å². The van der Waals surface area contributed by atoms with Gasteiger partial charge in [0.15, 0.2) is 0 Å². The quantitative estimate of drug-likeness (QED) is 0.723. The van der Waals surface area contributed by atoms with Crippen LogP contribution in [0.3, 0.4) is 0 Å². The predicted molar refractivity (Wildman–Crippen MR) is 80.6 cm³/mol. The van der Waals surface area contributed by atoms with Crippen molar-refractivity contribution in [3.8, 4) is 0 Å². The van der Waals surface area contributed by atoms with E-state index in [1.54, 1.807) is 10.6 Å². The number of nitrogens with one attached hydrogen (secondary N) is 1. The monoisotopic (exact) mass is 260 g/mol. The molecule has 0 aliphatic carbocycles. The summed E-state index contributed by atoms with van der Waals surface area (Å²) in [5.74, 6) is -0.0312. The number of hydrogen-bond donors (Lipinski definition) is 1. The van der Waals surface area contributed by atoms with Crippen molar-refractivity contribution in [1.82, 2.24) is 4.57 Å². The lowest BCUT2D eigenvalue weighted by molar-refractivity contribution is 0.0975. The van der Waals surface area contributed by atoms with Crippen molar-refractivity contribution >= 4 is 28.2 Å². The lowest BCUT2D eigenvalue weighted by Gasteiger charge is -2.10. The van der Waals surface area contributed by atoms with Crippen LogP contribution < -0.4 is 5.32 Å². The van der Waals surface area contributed by atoms with Gasteiger partial charge in [0.05, 0.1) is 16.9 Å². The highest BCUT2D eigenvalue weighted by atomic mass is 16.1. The molecule has 1 N–H and O–H groups in total. The fourth-order valence-electron chi connectivity index (χ4n) is 2.63. The average molecular weight is 260 g/mol. The molecule has 4 rings (SSSR count). The average Bonchev–Trinajstić information content (AvgIpc) is 2.86. The molecule has 1 aliphatic rings. The van der Waals surface area contributed by atoms with Gasteiger partial charge < -0.3 is 5.32 Å². The number of anilines is 1. The van der Waals surface area contributed by atoms with Crippen LogP contribution in [0, 0.1) is 0 Å². The smallest absolute Gasteiger partial charge is 0.257 e. The van der Waals surface area contributed by atoms with Crippen molar-refractivity contribution in [3.63, 3.8) is 0 Å². The number of nitrogens with zero attached hydrogens (tertiary/aromatic N) is 1. The van der Waals surface area contributed by atoms with Crippen LogP contribution in [0.4, 0.5) is 5.69 Å². The normalized spacial score (nSPS) is 13.8. The number of carbonyl (C=O) groups excluding carboxylic acids is 1. The van der Waals surface area contributed by atoms with Crippen LogP contribution in [0.5, 0.6) is 0 Å². The molecule has 0 amide bonds. The van der Waals surface area contributed by atoms with E-state index in [1.165, 1.54) is 0 Å². The molecule has 0 atom stereocenters. The summed E-state index contributed by atoms with van der Waals surface area (Å²) in [5, 5.41) is 4.44. The third-order valence-electron chi connectivity index (χ3n) is 3.57. The highest BCUT2D eigenvalue weighted by Gasteiger charge is 2.17. The molecule has 3 nitrogen and oxygen atoms in total. The highest BCUT2D eigenvalue weighted by molar-refractivity contribution is 6.10. The first-order chi connectivity index (χ1) is 9.83. The molecule has 0 saturated heterocycles. The van der Waals surface area contributed by atoms with Crippen LogP contribution >= 0.6 is 0 Å². The van der Waals surface area contributed by atoms with E-state index in [0.29, 0.717) is 0 Å². The lowest BCUT2D eigenvalue weighted by Crippen LogP contribution is -2.04. The van der Waals surface area contributed by atoms with Gasteiger partial charge in [-0.3, -0.25) is 9.36 Å². The van der Waals surface area contributed by atoms with Crippen LogP contribution in [-0.2, 0) is 0 Å².